The molecule has 0 bridgehead atoms. The Morgan fingerprint density at radius 2 is 2.15 bits per heavy atom. The van der Waals surface area contributed by atoms with Gasteiger partial charge in [-0.05, 0) is 47.0 Å². The van der Waals surface area contributed by atoms with Gasteiger partial charge in [-0.25, -0.2) is 0 Å². The predicted octanol–water partition coefficient (Wildman–Crippen LogP) is 3.55. The summed E-state index contributed by atoms with van der Waals surface area (Å²) in [6.45, 7) is 0.426. The van der Waals surface area contributed by atoms with Crippen molar-refractivity contribution in [3.8, 4) is 5.75 Å². The molecule has 1 aromatic heterocycles. The third kappa shape index (κ3) is 2.54. The number of hydrogen-bond acceptors (Lipinski definition) is 4. The highest BCUT2D eigenvalue weighted by atomic mass is 79.9. The van der Waals surface area contributed by atoms with Gasteiger partial charge in [-0.3, -0.25) is 4.98 Å². The van der Waals surface area contributed by atoms with Crippen molar-refractivity contribution in [1.82, 2.24) is 4.98 Å². The summed E-state index contributed by atoms with van der Waals surface area (Å²) in [5.41, 5.74) is 3.69. The van der Waals surface area contributed by atoms with E-state index in [9.17, 15) is 0 Å². The minimum absolute atomic E-state index is 0.426. The van der Waals surface area contributed by atoms with E-state index in [0.29, 0.717) is 6.61 Å². The molecule has 0 spiro atoms. The van der Waals surface area contributed by atoms with Crippen LogP contribution in [0.3, 0.4) is 0 Å². The fraction of sp³-hybridized carbons (Fsp3) is 0.200. The van der Waals surface area contributed by atoms with Crippen LogP contribution in [0.2, 0.25) is 0 Å². The topological polar surface area (TPSA) is 54.7 Å². The highest BCUT2D eigenvalue weighted by molar-refractivity contribution is 9.10. The number of rotatable bonds is 3. The number of nitrogens with zero attached hydrogens (tertiary/aromatic N) is 2. The van der Waals surface area contributed by atoms with Crippen LogP contribution in [0.15, 0.2) is 46.2 Å². The van der Waals surface area contributed by atoms with E-state index in [-0.39, 0.29) is 0 Å². The summed E-state index contributed by atoms with van der Waals surface area (Å²) in [4.78, 5) is 4.28. The fourth-order valence-corrected chi connectivity index (χ4v) is 2.59. The summed E-state index contributed by atoms with van der Waals surface area (Å²) in [6, 6.07) is 9.69. The Kier molecular flexibility index (Phi) is 3.69. The maximum Gasteiger partial charge on any atom is 0.130 e. The van der Waals surface area contributed by atoms with E-state index in [1.807, 2.05) is 30.3 Å². The first-order chi connectivity index (χ1) is 9.78. The number of aromatic nitrogens is 1. The quantitative estimate of drug-likeness (QED) is 0.690. The molecule has 3 rings (SSSR count). The van der Waals surface area contributed by atoms with Gasteiger partial charge in [0.05, 0.1) is 11.4 Å². The van der Waals surface area contributed by atoms with Gasteiger partial charge in [0.25, 0.3) is 0 Å². The van der Waals surface area contributed by atoms with E-state index in [0.717, 1.165) is 45.6 Å². The van der Waals surface area contributed by atoms with Crippen molar-refractivity contribution in [2.24, 2.45) is 5.16 Å². The molecule has 0 atom stereocenters. The Balaban J connectivity index is 1.79. The van der Waals surface area contributed by atoms with Crippen LogP contribution in [0, 0.1) is 0 Å². The van der Waals surface area contributed by atoms with Crippen LogP contribution in [0.1, 0.15) is 23.2 Å². The molecule has 0 saturated heterocycles. The number of pyridine rings is 1. The SMILES string of the molecule is O/N=C1/CCc2c(OCc3ccc(Br)cn3)cccc21. The smallest absolute Gasteiger partial charge is 0.130 e. The van der Waals surface area contributed by atoms with E-state index >= 15 is 0 Å². The average molecular weight is 333 g/mol. The van der Waals surface area contributed by atoms with Gasteiger partial charge in [-0.1, -0.05) is 17.3 Å². The lowest BCUT2D eigenvalue weighted by Gasteiger charge is -2.10. The zero-order chi connectivity index (χ0) is 13.9. The average Bonchev–Trinajstić information content (AvgIpc) is 2.90. The van der Waals surface area contributed by atoms with Crippen LogP contribution in [0.4, 0.5) is 0 Å². The van der Waals surface area contributed by atoms with E-state index in [1.165, 1.54) is 0 Å². The molecule has 0 aliphatic heterocycles. The molecule has 1 aromatic carbocycles. The zero-order valence-corrected chi connectivity index (χ0v) is 12.3. The van der Waals surface area contributed by atoms with E-state index in [1.54, 1.807) is 6.20 Å². The predicted molar refractivity (Wildman–Crippen MR) is 79.4 cm³/mol. The molecule has 1 aliphatic carbocycles. The Labute approximate surface area is 125 Å². The molecule has 1 N–H and O–H groups in total. The number of hydrogen-bond donors (Lipinski definition) is 1. The zero-order valence-electron chi connectivity index (χ0n) is 10.7. The monoisotopic (exact) mass is 332 g/mol. The number of benzene rings is 1. The van der Waals surface area contributed by atoms with Gasteiger partial charge < -0.3 is 9.94 Å². The lowest BCUT2D eigenvalue weighted by Crippen LogP contribution is -2.01. The van der Waals surface area contributed by atoms with Crippen LogP contribution in [-0.2, 0) is 13.0 Å². The minimum Gasteiger partial charge on any atom is -0.487 e. The van der Waals surface area contributed by atoms with Gasteiger partial charge in [-0.2, -0.15) is 0 Å². The number of fused-ring (bicyclic) bond motifs is 1. The van der Waals surface area contributed by atoms with E-state index < -0.39 is 0 Å². The third-order valence-corrected chi connectivity index (χ3v) is 3.81. The standard InChI is InChI=1S/C15H13BrN2O2/c16-10-4-5-11(17-8-10)9-20-15-3-1-2-12-13(15)6-7-14(12)18-19/h1-5,8,19H,6-7,9H2/b18-14-. The lowest BCUT2D eigenvalue weighted by atomic mass is 10.1. The largest absolute Gasteiger partial charge is 0.487 e. The summed E-state index contributed by atoms with van der Waals surface area (Å²) < 4.78 is 6.80. The van der Waals surface area contributed by atoms with Crippen LogP contribution in [0.25, 0.3) is 0 Å². The Hall–Kier alpha value is -1.88. The Morgan fingerprint density at radius 3 is 2.90 bits per heavy atom. The molecular weight excluding hydrogens is 320 g/mol. The summed E-state index contributed by atoms with van der Waals surface area (Å²) >= 11 is 3.36. The van der Waals surface area contributed by atoms with Crippen molar-refractivity contribution in [3.05, 3.63) is 57.8 Å². The summed E-state index contributed by atoms with van der Waals surface area (Å²) in [6.07, 6.45) is 3.35. The second kappa shape index (κ2) is 5.63. The molecule has 1 aliphatic rings. The Morgan fingerprint density at radius 1 is 1.25 bits per heavy atom. The second-order valence-electron chi connectivity index (χ2n) is 4.59. The molecular formula is C15H13BrN2O2. The van der Waals surface area contributed by atoms with Gasteiger partial charge in [0, 0.05) is 21.8 Å². The molecule has 0 saturated carbocycles. The van der Waals surface area contributed by atoms with Crippen LogP contribution >= 0.6 is 15.9 Å². The first-order valence-corrected chi connectivity index (χ1v) is 7.13. The van der Waals surface area contributed by atoms with Crippen LogP contribution in [0.5, 0.6) is 5.75 Å². The highest BCUT2D eigenvalue weighted by Gasteiger charge is 2.21. The normalized spacial score (nSPS) is 15.3. The van der Waals surface area contributed by atoms with Crippen molar-refractivity contribution < 1.29 is 9.94 Å². The minimum atomic E-state index is 0.426. The van der Waals surface area contributed by atoms with Crippen LogP contribution < -0.4 is 4.74 Å². The van der Waals surface area contributed by atoms with Crippen molar-refractivity contribution >= 4 is 21.6 Å². The summed E-state index contributed by atoms with van der Waals surface area (Å²) in [7, 11) is 0. The van der Waals surface area contributed by atoms with Crippen molar-refractivity contribution in [2.75, 3.05) is 0 Å². The number of oxime groups is 1. The van der Waals surface area contributed by atoms with Crippen LogP contribution in [-0.4, -0.2) is 15.9 Å². The van der Waals surface area contributed by atoms with E-state index in [2.05, 4.69) is 26.1 Å². The van der Waals surface area contributed by atoms with Gasteiger partial charge in [0.2, 0.25) is 0 Å². The first kappa shape index (κ1) is 13.1. The summed E-state index contributed by atoms with van der Waals surface area (Å²) in [5.74, 6) is 0.839. The third-order valence-electron chi connectivity index (χ3n) is 3.34. The molecule has 0 fully saturated rings. The maximum atomic E-state index is 8.97. The molecule has 0 unspecified atom stereocenters. The molecule has 20 heavy (non-hydrogen) atoms. The summed E-state index contributed by atoms with van der Waals surface area (Å²) in [5, 5.41) is 12.3. The molecule has 1 heterocycles. The molecule has 0 radical (unpaired) electrons. The van der Waals surface area contributed by atoms with E-state index in [4.69, 9.17) is 9.94 Å². The maximum absolute atomic E-state index is 8.97. The van der Waals surface area contributed by atoms with Crippen molar-refractivity contribution in [2.45, 2.75) is 19.4 Å². The lowest BCUT2D eigenvalue weighted by molar-refractivity contribution is 0.298. The van der Waals surface area contributed by atoms with Gasteiger partial charge in [0.15, 0.2) is 0 Å². The fourth-order valence-electron chi connectivity index (χ4n) is 2.35. The first-order valence-electron chi connectivity index (χ1n) is 6.34. The molecule has 4 nitrogen and oxygen atoms in total. The van der Waals surface area contributed by atoms with Crippen molar-refractivity contribution in [1.29, 1.82) is 0 Å². The molecule has 0 amide bonds. The highest BCUT2D eigenvalue weighted by Crippen LogP contribution is 2.31. The molecule has 102 valence electrons. The van der Waals surface area contributed by atoms with Gasteiger partial charge in [0.1, 0.15) is 12.4 Å². The Bertz CT molecular complexity index is 653. The molecule has 2 aromatic rings. The van der Waals surface area contributed by atoms with Gasteiger partial charge in [-0.15, -0.1) is 0 Å². The van der Waals surface area contributed by atoms with Crippen molar-refractivity contribution in [3.63, 3.8) is 0 Å². The molecule has 5 heteroatoms. The van der Waals surface area contributed by atoms with Gasteiger partial charge >= 0.3 is 0 Å². The second-order valence-corrected chi connectivity index (χ2v) is 5.50. The number of halogens is 1. The number of ether oxygens (including phenoxy) is 1.